The number of aromatic nitrogens is 1. The summed E-state index contributed by atoms with van der Waals surface area (Å²) in [5.41, 5.74) is 1.74. The van der Waals surface area contributed by atoms with E-state index in [9.17, 15) is 9.90 Å². The zero-order valence-electron chi connectivity index (χ0n) is 14.5. The van der Waals surface area contributed by atoms with E-state index in [4.69, 9.17) is 0 Å². The Morgan fingerprint density at radius 3 is 2.17 bits per heavy atom. The molecule has 0 amide bonds. The van der Waals surface area contributed by atoms with Crippen LogP contribution in [0.15, 0.2) is 10.9 Å². The van der Waals surface area contributed by atoms with Gasteiger partial charge in [0.15, 0.2) is 5.75 Å². The van der Waals surface area contributed by atoms with Gasteiger partial charge in [0.2, 0.25) is 5.43 Å². The molecule has 126 valence electrons. The van der Waals surface area contributed by atoms with Gasteiger partial charge in [0.1, 0.15) is 0 Å². The quantitative estimate of drug-likeness (QED) is 0.932. The third-order valence-corrected chi connectivity index (χ3v) is 6.42. The number of aryl methyl sites for hydroxylation is 1. The zero-order valence-corrected chi connectivity index (χ0v) is 14.5. The van der Waals surface area contributed by atoms with E-state index < -0.39 is 0 Å². The molecule has 0 unspecified atom stereocenters. The second-order valence-corrected chi connectivity index (χ2v) is 8.66. The van der Waals surface area contributed by atoms with Gasteiger partial charge in [-0.05, 0) is 77.3 Å². The van der Waals surface area contributed by atoms with Crippen LogP contribution < -0.4 is 5.43 Å². The first-order chi connectivity index (χ1) is 10.9. The molecule has 1 N–H and O–H groups in total. The lowest BCUT2D eigenvalue weighted by molar-refractivity contribution is -0.0464. The molecule has 4 bridgehead atoms. The Balaban J connectivity index is 1.88. The number of hydrogen-bond acceptors (Lipinski definition) is 3. The summed E-state index contributed by atoms with van der Waals surface area (Å²) in [6.45, 7) is 2.66. The average Bonchev–Trinajstić information content (AvgIpc) is 2.42. The van der Waals surface area contributed by atoms with Gasteiger partial charge in [-0.15, -0.1) is 0 Å². The van der Waals surface area contributed by atoms with Gasteiger partial charge in [-0.25, -0.2) is 0 Å². The van der Waals surface area contributed by atoms with E-state index in [-0.39, 0.29) is 16.7 Å². The Kier molecular flexibility index (Phi) is 3.38. The number of rotatable bonds is 3. The number of hydrogen-bond donors (Lipinski definition) is 1. The predicted molar refractivity (Wildman–Crippen MR) is 90.6 cm³/mol. The standard InChI is InChI=1S/C19H28N2O2/c1-12-4-17(22)18(23)16(11-20(2)3)21(12)19-8-13-5-14(9-19)7-15(6-13)10-19/h4,13-15,23H,5-11H2,1-3H3. The maximum absolute atomic E-state index is 12.1. The van der Waals surface area contributed by atoms with E-state index in [0.29, 0.717) is 6.54 Å². The Morgan fingerprint density at radius 2 is 1.70 bits per heavy atom. The summed E-state index contributed by atoms with van der Waals surface area (Å²) >= 11 is 0. The molecule has 4 aliphatic carbocycles. The van der Waals surface area contributed by atoms with Gasteiger partial charge in [0.05, 0.1) is 5.69 Å². The Hall–Kier alpha value is -1.29. The highest BCUT2D eigenvalue weighted by Gasteiger charge is 2.52. The van der Waals surface area contributed by atoms with E-state index in [1.54, 1.807) is 6.07 Å². The normalized spacial score (nSPS) is 35.2. The maximum Gasteiger partial charge on any atom is 0.223 e. The van der Waals surface area contributed by atoms with Crippen molar-refractivity contribution >= 4 is 0 Å². The minimum atomic E-state index is -0.236. The smallest absolute Gasteiger partial charge is 0.223 e. The summed E-state index contributed by atoms with van der Waals surface area (Å²) < 4.78 is 2.37. The van der Waals surface area contributed by atoms with Crippen LogP contribution in [0.3, 0.4) is 0 Å². The van der Waals surface area contributed by atoms with Crippen LogP contribution in [0, 0.1) is 24.7 Å². The molecule has 4 fully saturated rings. The highest BCUT2D eigenvalue weighted by Crippen LogP contribution is 2.59. The van der Waals surface area contributed by atoms with Crippen molar-refractivity contribution in [3.63, 3.8) is 0 Å². The molecular formula is C19H28N2O2. The maximum atomic E-state index is 12.1. The summed E-state index contributed by atoms with van der Waals surface area (Å²) in [5, 5.41) is 10.5. The fraction of sp³-hybridized carbons (Fsp3) is 0.737. The van der Waals surface area contributed by atoms with E-state index in [0.717, 1.165) is 29.1 Å². The molecule has 0 spiro atoms. The Labute approximate surface area is 138 Å². The molecule has 4 aliphatic rings. The average molecular weight is 316 g/mol. The topological polar surface area (TPSA) is 45.5 Å². The van der Waals surface area contributed by atoms with Crippen LogP contribution in [-0.2, 0) is 12.1 Å². The number of pyridine rings is 1. The first kappa shape index (κ1) is 15.3. The van der Waals surface area contributed by atoms with E-state index >= 15 is 0 Å². The van der Waals surface area contributed by atoms with Gasteiger partial charge in [0, 0.05) is 23.8 Å². The van der Waals surface area contributed by atoms with Gasteiger partial charge in [-0.2, -0.15) is 0 Å². The van der Waals surface area contributed by atoms with Crippen LogP contribution in [0.1, 0.15) is 49.9 Å². The van der Waals surface area contributed by atoms with Gasteiger partial charge in [0.25, 0.3) is 0 Å². The zero-order chi connectivity index (χ0) is 16.4. The SMILES string of the molecule is Cc1cc(=O)c(O)c(CN(C)C)n1C12CC3CC(CC(C3)C1)C2. The summed E-state index contributed by atoms with van der Waals surface area (Å²) in [6.07, 6.45) is 7.86. The summed E-state index contributed by atoms with van der Waals surface area (Å²) in [6, 6.07) is 1.63. The van der Waals surface area contributed by atoms with E-state index in [1.165, 1.54) is 38.5 Å². The fourth-order valence-electron chi connectivity index (χ4n) is 6.23. The van der Waals surface area contributed by atoms with Gasteiger partial charge in [-0.3, -0.25) is 4.79 Å². The van der Waals surface area contributed by atoms with Crippen molar-refractivity contribution in [1.82, 2.24) is 9.47 Å². The van der Waals surface area contributed by atoms with Crippen LogP contribution in [0.4, 0.5) is 0 Å². The molecule has 0 saturated heterocycles. The minimum Gasteiger partial charge on any atom is -0.503 e. The monoisotopic (exact) mass is 316 g/mol. The van der Waals surface area contributed by atoms with Crippen LogP contribution in [0.5, 0.6) is 5.75 Å². The number of nitrogens with zero attached hydrogens (tertiary/aromatic N) is 2. The van der Waals surface area contributed by atoms with Crippen LogP contribution in [0.2, 0.25) is 0 Å². The number of aromatic hydroxyl groups is 1. The highest BCUT2D eigenvalue weighted by atomic mass is 16.3. The molecule has 4 heteroatoms. The van der Waals surface area contributed by atoms with Gasteiger partial charge < -0.3 is 14.6 Å². The molecular weight excluding hydrogens is 288 g/mol. The molecule has 1 heterocycles. The highest BCUT2D eigenvalue weighted by molar-refractivity contribution is 5.32. The van der Waals surface area contributed by atoms with Crippen molar-refractivity contribution in [3.05, 3.63) is 27.7 Å². The van der Waals surface area contributed by atoms with Crippen LogP contribution >= 0.6 is 0 Å². The summed E-state index contributed by atoms with van der Waals surface area (Å²) in [4.78, 5) is 14.2. The van der Waals surface area contributed by atoms with Crippen LogP contribution in [-0.4, -0.2) is 28.7 Å². The van der Waals surface area contributed by atoms with Crippen molar-refractivity contribution in [2.75, 3.05) is 14.1 Å². The third kappa shape index (κ3) is 2.34. The summed E-state index contributed by atoms with van der Waals surface area (Å²) in [5.74, 6) is 2.48. The first-order valence-corrected chi connectivity index (χ1v) is 8.98. The van der Waals surface area contributed by atoms with Crippen molar-refractivity contribution in [3.8, 4) is 5.75 Å². The molecule has 23 heavy (non-hydrogen) atoms. The summed E-state index contributed by atoms with van der Waals surface area (Å²) in [7, 11) is 3.99. The molecule has 1 aromatic rings. The van der Waals surface area contributed by atoms with Gasteiger partial charge >= 0.3 is 0 Å². The van der Waals surface area contributed by atoms with Crippen molar-refractivity contribution < 1.29 is 5.11 Å². The lowest BCUT2D eigenvalue weighted by Crippen LogP contribution is -2.53. The predicted octanol–water partition coefficient (Wildman–Crippen LogP) is 2.85. The van der Waals surface area contributed by atoms with Crippen molar-refractivity contribution in [2.24, 2.45) is 17.8 Å². The fourth-order valence-corrected chi connectivity index (χ4v) is 6.23. The molecule has 0 aromatic carbocycles. The second-order valence-electron chi connectivity index (χ2n) is 8.66. The van der Waals surface area contributed by atoms with Gasteiger partial charge in [-0.1, -0.05) is 0 Å². The van der Waals surface area contributed by atoms with E-state index in [1.807, 2.05) is 25.9 Å². The minimum absolute atomic E-state index is 0.0416. The lowest BCUT2D eigenvalue weighted by atomic mass is 9.52. The molecule has 0 aliphatic heterocycles. The Morgan fingerprint density at radius 1 is 1.17 bits per heavy atom. The third-order valence-electron chi connectivity index (χ3n) is 6.42. The van der Waals surface area contributed by atoms with Crippen molar-refractivity contribution in [1.29, 1.82) is 0 Å². The Bertz CT molecular complexity index is 654. The molecule has 4 nitrogen and oxygen atoms in total. The first-order valence-electron chi connectivity index (χ1n) is 8.98. The van der Waals surface area contributed by atoms with Crippen molar-refractivity contribution in [2.45, 2.75) is 57.5 Å². The largest absolute Gasteiger partial charge is 0.503 e. The van der Waals surface area contributed by atoms with Crippen LogP contribution in [0.25, 0.3) is 0 Å². The molecule has 1 aromatic heterocycles. The lowest BCUT2D eigenvalue weighted by Gasteiger charge is -2.58. The molecule has 5 rings (SSSR count). The molecule has 0 radical (unpaired) electrons. The second kappa shape index (κ2) is 5.10. The molecule has 0 atom stereocenters. The molecule has 4 saturated carbocycles. The van der Waals surface area contributed by atoms with E-state index in [2.05, 4.69) is 4.57 Å².